The number of rotatable bonds is 9. The van der Waals surface area contributed by atoms with Crippen LogP contribution < -0.4 is 4.74 Å². The summed E-state index contributed by atoms with van der Waals surface area (Å²) in [5.41, 5.74) is 2.78. The van der Waals surface area contributed by atoms with E-state index in [-0.39, 0.29) is 29.7 Å². The zero-order valence-corrected chi connectivity index (χ0v) is 24.2. The zero-order chi connectivity index (χ0) is 28.1. The van der Waals surface area contributed by atoms with Crippen molar-refractivity contribution in [2.75, 3.05) is 39.3 Å². The van der Waals surface area contributed by atoms with Crippen molar-refractivity contribution in [2.45, 2.75) is 51.6 Å². The van der Waals surface area contributed by atoms with Gasteiger partial charge in [-0.15, -0.1) is 11.3 Å². The van der Waals surface area contributed by atoms with Gasteiger partial charge in [0.1, 0.15) is 11.6 Å². The maximum atomic E-state index is 14.1. The van der Waals surface area contributed by atoms with Gasteiger partial charge in [-0.25, -0.2) is 4.39 Å². The minimum Gasteiger partial charge on any atom is -0.494 e. The Kier molecular flexibility index (Phi) is 9.17. The standard InChI is InChI=1S/C32H38FN3O3S/c1-3-4-19-39-27-10-8-24(9-11-27)32(38)36-18-17-35(22-23(36)2)30(37)13-16-34-15-12-29-28(14-20-40-29)31(34)25-6-5-7-26(33)21-25/h5-11,14,20-21,23,31H,3-4,12-13,15-19,22H2,1-2H3/t23-,31+/m0/s1. The number of thiophene rings is 1. The predicted octanol–water partition coefficient (Wildman–Crippen LogP) is 5.78. The first kappa shape index (κ1) is 28.3. The molecule has 0 saturated carbocycles. The molecule has 212 valence electrons. The number of ether oxygens (including phenoxy) is 1. The zero-order valence-electron chi connectivity index (χ0n) is 23.4. The van der Waals surface area contributed by atoms with Crippen LogP contribution in [0.4, 0.5) is 4.39 Å². The first-order chi connectivity index (χ1) is 19.4. The number of halogens is 1. The molecular weight excluding hydrogens is 525 g/mol. The highest BCUT2D eigenvalue weighted by Crippen LogP contribution is 2.38. The van der Waals surface area contributed by atoms with Gasteiger partial charge in [-0.05, 0) is 78.7 Å². The van der Waals surface area contributed by atoms with Crippen molar-refractivity contribution >= 4 is 23.2 Å². The third-order valence-corrected chi connectivity index (χ3v) is 8.95. The summed E-state index contributed by atoms with van der Waals surface area (Å²) in [6.45, 7) is 7.79. The molecule has 6 nitrogen and oxygen atoms in total. The number of piperazine rings is 1. The van der Waals surface area contributed by atoms with E-state index >= 15 is 0 Å². The van der Waals surface area contributed by atoms with E-state index in [2.05, 4.69) is 23.3 Å². The summed E-state index contributed by atoms with van der Waals surface area (Å²) in [6, 6.07) is 16.2. The van der Waals surface area contributed by atoms with Crippen LogP contribution in [0.3, 0.4) is 0 Å². The molecule has 0 spiro atoms. The Balaban J connectivity index is 1.17. The fourth-order valence-electron chi connectivity index (χ4n) is 5.75. The molecule has 3 aromatic rings. The number of benzene rings is 2. The van der Waals surface area contributed by atoms with E-state index in [4.69, 9.17) is 4.74 Å². The van der Waals surface area contributed by atoms with Crippen molar-refractivity contribution in [3.8, 4) is 5.75 Å². The van der Waals surface area contributed by atoms with Gasteiger partial charge in [-0.3, -0.25) is 14.5 Å². The molecule has 2 aliphatic rings. The highest BCUT2D eigenvalue weighted by atomic mass is 32.1. The second-order valence-electron chi connectivity index (χ2n) is 10.7. The minimum atomic E-state index is -0.242. The highest BCUT2D eigenvalue weighted by Gasteiger charge is 2.33. The number of fused-ring (bicyclic) bond motifs is 1. The van der Waals surface area contributed by atoms with Gasteiger partial charge < -0.3 is 14.5 Å². The summed E-state index contributed by atoms with van der Waals surface area (Å²) in [6.07, 6.45) is 3.41. The van der Waals surface area contributed by atoms with Crippen LogP contribution in [-0.4, -0.2) is 71.9 Å². The lowest BCUT2D eigenvalue weighted by Crippen LogP contribution is -2.55. The van der Waals surface area contributed by atoms with Gasteiger partial charge in [0.15, 0.2) is 0 Å². The lowest BCUT2D eigenvalue weighted by molar-refractivity contribution is -0.134. The number of carbonyl (C=O) groups excluding carboxylic acids is 2. The third-order valence-electron chi connectivity index (χ3n) is 7.95. The molecule has 1 saturated heterocycles. The number of carbonyl (C=O) groups is 2. The maximum Gasteiger partial charge on any atom is 0.254 e. The van der Waals surface area contributed by atoms with Crippen LogP contribution in [0.25, 0.3) is 0 Å². The smallest absolute Gasteiger partial charge is 0.254 e. The van der Waals surface area contributed by atoms with Gasteiger partial charge >= 0.3 is 0 Å². The molecule has 0 bridgehead atoms. The van der Waals surface area contributed by atoms with Crippen molar-refractivity contribution in [1.82, 2.24) is 14.7 Å². The number of hydrogen-bond donors (Lipinski definition) is 0. The predicted molar refractivity (Wildman–Crippen MR) is 156 cm³/mol. The molecule has 8 heteroatoms. The number of unbranched alkanes of at least 4 members (excludes halogenated alkanes) is 1. The van der Waals surface area contributed by atoms with Crippen LogP contribution in [-0.2, 0) is 11.2 Å². The van der Waals surface area contributed by atoms with E-state index in [1.165, 1.54) is 16.5 Å². The Morgan fingerprint density at radius 2 is 1.90 bits per heavy atom. The van der Waals surface area contributed by atoms with Crippen molar-refractivity contribution in [2.24, 2.45) is 0 Å². The molecule has 2 amide bonds. The second kappa shape index (κ2) is 13.0. The quantitative estimate of drug-likeness (QED) is 0.310. The maximum absolute atomic E-state index is 14.1. The van der Waals surface area contributed by atoms with E-state index in [1.807, 2.05) is 47.1 Å². The molecular formula is C32H38FN3O3S. The monoisotopic (exact) mass is 563 g/mol. The van der Waals surface area contributed by atoms with Crippen LogP contribution in [0, 0.1) is 5.82 Å². The van der Waals surface area contributed by atoms with E-state index in [0.717, 1.165) is 37.1 Å². The van der Waals surface area contributed by atoms with Crippen LogP contribution in [0.1, 0.15) is 65.5 Å². The van der Waals surface area contributed by atoms with Gasteiger partial charge in [0.25, 0.3) is 5.91 Å². The lowest BCUT2D eigenvalue weighted by Gasteiger charge is -2.41. The van der Waals surface area contributed by atoms with E-state index < -0.39 is 0 Å². The fourth-order valence-corrected chi connectivity index (χ4v) is 6.66. The summed E-state index contributed by atoms with van der Waals surface area (Å²) in [4.78, 5) is 33.9. The molecule has 1 fully saturated rings. The van der Waals surface area contributed by atoms with Gasteiger partial charge in [0.05, 0.1) is 12.6 Å². The largest absolute Gasteiger partial charge is 0.494 e. The van der Waals surface area contributed by atoms with Crippen molar-refractivity contribution in [3.63, 3.8) is 0 Å². The average molecular weight is 564 g/mol. The molecule has 0 N–H and O–H groups in total. The van der Waals surface area contributed by atoms with Crippen LogP contribution in [0.5, 0.6) is 5.75 Å². The summed E-state index contributed by atoms with van der Waals surface area (Å²) in [5, 5.41) is 2.10. The highest BCUT2D eigenvalue weighted by molar-refractivity contribution is 7.10. The summed E-state index contributed by atoms with van der Waals surface area (Å²) < 4.78 is 19.8. The topological polar surface area (TPSA) is 53.1 Å². The fraction of sp³-hybridized carbons (Fsp3) is 0.438. The number of amides is 2. The Morgan fingerprint density at radius 3 is 2.65 bits per heavy atom. The summed E-state index contributed by atoms with van der Waals surface area (Å²) in [5.74, 6) is 0.615. The second-order valence-corrected chi connectivity index (χ2v) is 11.7. The summed E-state index contributed by atoms with van der Waals surface area (Å²) in [7, 11) is 0. The van der Waals surface area contributed by atoms with Gasteiger partial charge in [-0.1, -0.05) is 25.5 Å². The van der Waals surface area contributed by atoms with Crippen molar-refractivity contribution in [3.05, 3.63) is 87.4 Å². The van der Waals surface area contributed by atoms with Crippen LogP contribution in [0.15, 0.2) is 60.0 Å². The molecule has 3 heterocycles. The Labute approximate surface area is 240 Å². The average Bonchev–Trinajstić information content (AvgIpc) is 3.44. The van der Waals surface area contributed by atoms with Gasteiger partial charge in [0.2, 0.25) is 5.91 Å². The lowest BCUT2D eigenvalue weighted by atomic mass is 9.93. The summed E-state index contributed by atoms with van der Waals surface area (Å²) >= 11 is 1.75. The van der Waals surface area contributed by atoms with E-state index in [0.29, 0.717) is 44.8 Å². The molecule has 2 aromatic carbocycles. The molecule has 0 radical (unpaired) electrons. The molecule has 1 aromatic heterocycles. The first-order valence-corrected chi connectivity index (χ1v) is 15.2. The van der Waals surface area contributed by atoms with Crippen LogP contribution >= 0.6 is 11.3 Å². The number of nitrogens with zero attached hydrogens (tertiary/aromatic N) is 3. The first-order valence-electron chi connectivity index (χ1n) is 14.3. The number of hydrogen-bond acceptors (Lipinski definition) is 5. The normalized spacial score (nSPS) is 19.4. The van der Waals surface area contributed by atoms with Gasteiger partial charge in [0, 0.05) is 55.6 Å². The van der Waals surface area contributed by atoms with Crippen molar-refractivity contribution in [1.29, 1.82) is 0 Å². The molecule has 2 atom stereocenters. The molecule has 0 aliphatic carbocycles. The van der Waals surface area contributed by atoms with Crippen LogP contribution in [0.2, 0.25) is 0 Å². The molecule has 40 heavy (non-hydrogen) atoms. The van der Waals surface area contributed by atoms with E-state index in [1.54, 1.807) is 23.5 Å². The Bertz CT molecular complexity index is 1310. The Hall–Kier alpha value is -3.23. The molecule has 5 rings (SSSR count). The van der Waals surface area contributed by atoms with Gasteiger partial charge in [-0.2, -0.15) is 0 Å². The minimum absolute atomic E-state index is 0.0162. The Morgan fingerprint density at radius 1 is 1.07 bits per heavy atom. The van der Waals surface area contributed by atoms with E-state index in [9.17, 15) is 14.0 Å². The SMILES string of the molecule is CCCCOc1ccc(C(=O)N2CCN(C(=O)CCN3CCc4sccc4[C@H]3c3cccc(F)c3)C[C@@H]2C)cc1. The molecule has 0 unspecified atom stereocenters. The third kappa shape index (κ3) is 6.39. The molecule has 2 aliphatic heterocycles. The van der Waals surface area contributed by atoms with Crippen molar-refractivity contribution < 1.29 is 18.7 Å².